The van der Waals surface area contributed by atoms with Gasteiger partial charge in [0.25, 0.3) is 0 Å². The highest BCUT2D eigenvalue weighted by molar-refractivity contribution is 6.35. The van der Waals surface area contributed by atoms with Crippen molar-refractivity contribution in [3.8, 4) is 0 Å². The lowest BCUT2D eigenvalue weighted by Gasteiger charge is -2.34. The Morgan fingerprint density at radius 1 is 1.07 bits per heavy atom. The van der Waals surface area contributed by atoms with Gasteiger partial charge in [0.05, 0.1) is 6.04 Å². The lowest BCUT2D eigenvalue weighted by molar-refractivity contribution is -0.139. The van der Waals surface area contributed by atoms with Crippen molar-refractivity contribution in [3.63, 3.8) is 0 Å². The number of nitrogens with zero attached hydrogens (tertiary/aromatic N) is 1. The average molecular weight is 389 g/mol. The third kappa shape index (κ3) is 6.87. The molecule has 4 amide bonds. The number of piperidine rings is 1. The van der Waals surface area contributed by atoms with Gasteiger partial charge in [-0.05, 0) is 52.0 Å². The molecule has 0 bridgehead atoms. The normalized spacial score (nSPS) is 16.2. The molecule has 0 saturated carbocycles. The van der Waals surface area contributed by atoms with Crippen molar-refractivity contribution < 1.29 is 14.4 Å². The van der Waals surface area contributed by atoms with Crippen molar-refractivity contribution in [1.29, 1.82) is 0 Å². The van der Waals surface area contributed by atoms with Crippen LogP contribution in [0.2, 0.25) is 0 Å². The minimum Gasteiger partial charge on any atom is -0.348 e. The van der Waals surface area contributed by atoms with E-state index in [1.807, 2.05) is 58.0 Å². The molecule has 3 N–H and O–H groups in total. The van der Waals surface area contributed by atoms with E-state index >= 15 is 0 Å². The summed E-state index contributed by atoms with van der Waals surface area (Å²) < 4.78 is 0. The number of likely N-dealkylation sites (tertiary alicyclic amines) is 1. The van der Waals surface area contributed by atoms with Gasteiger partial charge in [-0.1, -0.05) is 30.3 Å². The minimum absolute atomic E-state index is 0.0516. The molecule has 7 heteroatoms. The smallest absolute Gasteiger partial charge is 0.317 e. The first-order chi connectivity index (χ1) is 13.2. The van der Waals surface area contributed by atoms with E-state index in [-0.39, 0.29) is 23.5 Å². The van der Waals surface area contributed by atoms with Gasteiger partial charge in [0.2, 0.25) is 0 Å². The second kappa shape index (κ2) is 9.57. The zero-order chi connectivity index (χ0) is 20.7. The SMILES string of the molecule is C[C@H](NC(=O)C(=O)NCC1CCN(C(=O)NC(C)(C)C)CC1)c1ccccc1. The molecule has 28 heavy (non-hydrogen) atoms. The van der Waals surface area contributed by atoms with E-state index in [1.54, 1.807) is 4.90 Å². The summed E-state index contributed by atoms with van der Waals surface area (Å²) in [5.41, 5.74) is 0.691. The standard InChI is InChI=1S/C21H32N4O3/c1-15(17-8-6-5-7-9-17)23-19(27)18(26)22-14-16-10-12-25(13-11-16)20(28)24-21(2,3)4/h5-9,15-16H,10-14H2,1-4H3,(H,22,26)(H,23,27)(H,24,28)/t15-/m0/s1. The largest absolute Gasteiger partial charge is 0.348 e. The van der Waals surface area contributed by atoms with E-state index in [4.69, 9.17) is 0 Å². The molecule has 7 nitrogen and oxygen atoms in total. The second-order valence-corrected chi connectivity index (χ2v) is 8.43. The zero-order valence-electron chi connectivity index (χ0n) is 17.2. The first-order valence-corrected chi connectivity index (χ1v) is 9.86. The third-order valence-electron chi connectivity index (χ3n) is 4.79. The van der Waals surface area contributed by atoms with Crippen molar-refractivity contribution in [3.05, 3.63) is 35.9 Å². The molecule has 1 saturated heterocycles. The molecule has 0 unspecified atom stereocenters. The van der Waals surface area contributed by atoms with E-state index in [9.17, 15) is 14.4 Å². The van der Waals surface area contributed by atoms with Crippen LogP contribution in [0.5, 0.6) is 0 Å². The number of hydrogen-bond donors (Lipinski definition) is 3. The van der Waals surface area contributed by atoms with E-state index in [2.05, 4.69) is 16.0 Å². The van der Waals surface area contributed by atoms with Gasteiger partial charge < -0.3 is 20.9 Å². The Bertz CT molecular complexity index is 677. The van der Waals surface area contributed by atoms with Gasteiger partial charge in [-0.15, -0.1) is 0 Å². The molecule has 1 aromatic carbocycles. The van der Waals surface area contributed by atoms with Crippen LogP contribution in [0, 0.1) is 5.92 Å². The van der Waals surface area contributed by atoms with Gasteiger partial charge in [0.15, 0.2) is 0 Å². The molecule has 0 aromatic heterocycles. The average Bonchev–Trinajstić information content (AvgIpc) is 2.65. The minimum atomic E-state index is -0.627. The number of carbonyl (C=O) groups excluding carboxylic acids is 3. The quantitative estimate of drug-likeness (QED) is 0.691. The fourth-order valence-corrected chi connectivity index (χ4v) is 3.14. The maximum atomic E-state index is 12.2. The highest BCUT2D eigenvalue weighted by Gasteiger charge is 2.26. The highest BCUT2D eigenvalue weighted by Crippen LogP contribution is 2.17. The molecule has 2 rings (SSSR count). The number of urea groups is 1. The summed E-state index contributed by atoms with van der Waals surface area (Å²) in [6.07, 6.45) is 1.61. The molecule has 1 atom stereocenters. The van der Waals surface area contributed by atoms with Crippen LogP contribution in [0.1, 0.15) is 52.1 Å². The van der Waals surface area contributed by atoms with Crippen molar-refractivity contribution in [2.45, 2.75) is 52.1 Å². The van der Waals surface area contributed by atoms with Crippen LogP contribution < -0.4 is 16.0 Å². The van der Waals surface area contributed by atoms with Crippen LogP contribution in [0.4, 0.5) is 4.79 Å². The van der Waals surface area contributed by atoms with Crippen LogP contribution in [-0.4, -0.2) is 47.9 Å². The molecule has 154 valence electrons. The number of benzene rings is 1. The van der Waals surface area contributed by atoms with E-state index in [0.29, 0.717) is 19.6 Å². The molecule has 0 spiro atoms. The number of hydrogen-bond acceptors (Lipinski definition) is 3. The van der Waals surface area contributed by atoms with Gasteiger partial charge in [0.1, 0.15) is 0 Å². The van der Waals surface area contributed by atoms with Crippen LogP contribution >= 0.6 is 0 Å². The summed E-state index contributed by atoms with van der Waals surface area (Å²) in [6.45, 7) is 9.46. The summed E-state index contributed by atoms with van der Waals surface area (Å²) in [7, 11) is 0. The first-order valence-electron chi connectivity index (χ1n) is 9.86. The number of carbonyl (C=O) groups is 3. The Kier molecular flexibility index (Phi) is 7.43. The van der Waals surface area contributed by atoms with Crippen LogP contribution in [0.3, 0.4) is 0 Å². The molecule has 1 heterocycles. The predicted molar refractivity (Wildman–Crippen MR) is 109 cm³/mol. The van der Waals surface area contributed by atoms with Gasteiger partial charge in [-0.2, -0.15) is 0 Å². The number of rotatable bonds is 4. The molecule has 1 fully saturated rings. The van der Waals surface area contributed by atoms with Crippen molar-refractivity contribution in [2.75, 3.05) is 19.6 Å². The van der Waals surface area contributed by atoms with Gasteiger partial charge in [-0.25, -0.2) is 4.79 Å². The summed E-state index contributed by atoms with van der Waals surface area (Å²) in [6, 6.07) is 9.23. The maximum absolute atomic E-state index is 12.2. The molecule has 0 aliphatic carbocycles. The Hall–Kier alpha value is -2.57. The molecule has 0 radical (unpaired) electrons. The van der Waals surface area contributed by atoms with Crippen molar-refractivity contribution >= 4 is 17.8 Å². The second-order valence-electron chi connectivity index (χ2n) is 8.43. The summed E-state index contributed by atoms with van der Waals surface area (Å²) in [4.78, 5) is 38.2. The van der Waals surface area contributed by atoms with E-state index < -0.39 is 11.8 Å². The molecular formula is C21H32N4O3. The van der Waals surface area contributed by atoms with Crippen LogP contribution in [0.25, 0.3) is 0 Å². The molecular weight excluding hydrogens is 356 g/mol. The Morgan fingerprint density at radius 3 is 2.25 bits per heavy atom. The van der Waals surface area contributed by atoms with Crippen LogP contribution in [-0.2, 0) is 9.59 Å². The van der Waals surface area contributed by atoms with Crippen molar-refractivity contribution in [2.24, 2.45) is 5.92 Å². The highest BCUT2D eigenvalue weighted by atomic mass is 16.2. The van der Waals surface area contributed by atoms with Crippen LogP contribution in [0.15, 0.2) is 30.3 Å². The Morgan fingerprint density at radius 2 is 1.68 bits per heavy atom. The molecule has 1 aliphatic heterocycles. The zero-order valence-corrected chi connectivity index (χ0v) is 17.2. The van der Waals surface area contributed by atoms with Gasteiger partial charge in [-0.3, -0.25) is 9.59 Å². The fourth-order valence-electron chi connectivity index (χ4n) is 3.14. The molecule has 1 aliphatic rings. The summed E-state index contributed by atoms with van der Waals surface area (Å²) in [5, 5.41) is 8.40. The van der Waals surface area contributed by atoms with E-state index in [1.165, 1.54) is 0 Å². The maximum Gasteiger partial charge on any atom is 0.317 e. The Labute approximate surface area is 167 Å². The van der Waals surface area contributed by atoms with Gasteiger partial charge >= 0.3 is 17.8 Å². The van der Waals surface area contributed by atoms with Gasteiger partial charge in [0, 0.05) is 25.2 Å². The van der Waals surface area contributed by atoms with Crippen molar-refractivity contribution in [1.82, 2.24) is 20.9 Å². The fraction of sp³-hybridized carbons (Fsp3) is 0.571. The lowest BCUT2D eigenvalue weighted by atomic mass is 9.97. The summed E-state index contributed by atoms with van der Waals surface area (Å²) in [5.74, 6) is -0.976. The number of amides is 4. The topological polar surface area (TPSA) is 90.5 Å². The Balaban J connectivity index is 1.70. The lowest BCUT2D eigenvalue weighted by Crippen LogP contribution is -2.51. The third-order valence-corrected chi connectivity index (χ3v) is 4.79. The van der Waals surface area contributed by atoms with E-state index in [0.717, 1.165) is 18.4 Å². The predicted octanol–water partition coefficient (Wildman–Crippen LogP) is 2.20. The molecule has 1 aromatic rings. The summed E-state index contributed by atoms with van der Waals surface area (Å²) >= 11 is 0. The number of nitrogens with one attached hydrogen (secondary N) is 3. The monoisotopic (exact) mass is 388 g/mol. The first kappa shape index (κ1) is 21.7.